The number of halogens is 1. The number of hydrogen-bond acceptors (Lipinski definition) is 6. The lowest BCUT2D eigenvalue weighted by molar-refractivity contribution is -0.0586. The number of aromatic amines is 1. The zero-order valence-electron chi connectivity index (χ0n) is 18.4. The van der Waals surface area contributed by atoms with Crippen molar-refractivity contribution in [3.05, 3.63) is 62.8 Å². The van der Waals surface area contributed by atoms with Crippen molar-refractivity contribution in [3.63, 3.8) is 0 Å². The summed E-state index contributed by atoms with van der Waals surface area (Å²) in [6, 6.07) is 8.57. The van der Waals surface area contributed by atoms with E-state index < -0.39 is 6.10 Å². The van der Waals surface area contributed by atoms with E-state index >= 15 is 0 Å². The minimum Gasteiger partial charge on any atom is -0.484 e. The van der Waals surface area contributed by atoms with E-state index in [4.69, 9.17) is 21.1 Å². The van der Waals surface area contributed by atoms with Crippen LogP contribution in [0, 0.1) is 6.92 Å². The van der Waals surface area contributed by atoms with E-state index in [1.54, 1.807) is 44.2 Å². The van der Waals surface area contributed by atoms with E-state index in [1.807, 2.05) is 18.7 Å². The molecule has 1 aliphatic heterocycles. The van der Waals surface area contributed by atoms with Gasteiger partial charge in [-0.2, -0.15) is 0 Å². The smallest absolute Gasteiger partial charge is 0.277 e. The van der Waals surface area contributed by atoms with Crippen molar-refractivity contribution >= 4 is 28.5 Å². The predicted octanol–water partition coefficient (Wildman–Crippen LogP) is 3.67. The third kappa shape index (κ3) is 4.61. The number of carbonyl (C=O) groups excluding carboxylic acids is 1. The van der Waals surface area contributed by atoms with Gasteiger partial charge in [0.25, 0.3) is 11.5 Å². The van der Waals surface area contributed by atoms with Crippen LogP contribution in [0.3, 0.4) is 0 Å². The van der Waals surface area contributed by atoms with Gasteiger partial charge in [-0.05, 0) is 58.0 Å². The molecule has 2 aromatic heterocycles. The number of carbonyl (C=O) groups is 1. The van der Waals surface area contributed by atoms with Crippen molar-refractivity contribution in [2.75, 3.05) is 13.1 Å². The summed E-state index contributed by atoms with van der Waals surface area (Å²) in [5, 5.41) is 0.366. The van der Waals surface area contributed by atoms with Crippen LogP contribution in [0.1, 0.15) is 48.8 Å². The monoisotopic (exact) mass is 456 g/mol. The highest BCUT2D eigenvalue weighted by atomic mass is 35.5. The Morgan fingerprint density at radius 1 is 1.22 bits per heavy atom. The number of benzene rings is 1. The molecule has 1 saturated heterocycles. The van der Waals surface area contributed by atoms with Crippen LogP contribution in [0.5, 0.6) is 5.75 Å². The zero-order chi connectivity index (χ0) is 23.0. The number of ether oxygens (including phenoxy) is 2. The van der Waals surface area contributed by atoms with Crippen molar-refractivity contribution in [1.29, 1.82) is 0 Å². The lowest BCUT2D eigenvalue weighted by Gasteiger charge is -2.35. The molecule has 1 N–H and O–H groups in total. The molecule has 9 heteroatoms. The first-order valence-electron chi connectivity index (χ1n) is 10.5. The van der Waals surface area contributed by atoms with E-state index in [0.29, 0.717) is 46.5 Å². The van der Waals surface area contributed by atoms with E-state index in [1.165, 1.54) is 0 Å². The molecule has 1 aliphatic rings. The summed E-state index contributed by atoms with van der Waals surface area (Å²) in [5.74, 6) is 1.02. The normalized spacial score (nSPS) is 19.7. The number of nitrogens with zero attached hydrogens (tertiary/aromatic N) is 3. The topological polar surface area (TPSA) is 97.4 Å². The zero-order valence-corrected chi connectivity index (χ0v) is 19.1. The summed E-state index contributed by atoms with van der Waals surface area (Å²) < 4.78 is 11.7. The standard InChI is InChI=1S/C23H25ClN4O4/c1-12-10-28(11-13(2)31-12)23(30)16-5-7-17(8-6-16)32-14(3)20-18(24)9-19-21(27-20)22(29)26-15(4)25-19/h5-9,12-14H,10-11H2,1-4H3,(H,25,26,29)/t12-,13+,14-/m0/s1. The molecular weight excluding hydrogens is 432 g/mol. The van der Waals surface area contributed by atoms with Crippen LogP contribution in [-0.2, 0) is 4.74 Å². The predicted molar refractivity (Wildman–Crippen MR) is 121 cm³/mol. The number of hydrogen-bond donors (Lipinski definition) is 1. The van der Waals surface area contributed by atoms with Gasteiger partial charge in [-0.15, -0.1) is 0 Å². The highest BCUT2D eigenvalue weighted by molar-refractivity contribution is 6.31. The van der Waals surface area contributed by atoms with Crippen molar-refractivity contribution in [2.45, 2.75) is 46.0 Å². The first-order chi connectivity index (χ1) is 15.2. The van der Waals surface area contributed by atoms with Crippen molar-refractivity contribution in [3.8, 4) is 5.75 Å². The molecule has 4 rings (SSSR count). The average molecular weight is 457 g/mol. The Morgan fingerprint density at radius 3 is 2.53 bits per heavy atom. The van der Waals surface area contributed by atoms with Crippen LogP contribution in [0.25, 0.3) is 11.0 Å². The fourth-order valence-electron chi connectivity index (χ4n) is 3.93. The minimum absolute atomic E-state index is 0.0108. The first kappa shape index (κ1) is 22.2. The molecule has 1 fully saturated rings. The quantitative estimate of drug-likeness (QED) is 0.643. The maximum atomic E-state index is 12.8. The summed E-state index contributed by atoms with van der Waals surface area (Å²) in [4.78, 5) is 38.2. The Labute approximate surface area is 190 Å². The molecule has 0 radical (unpaired) electrons. The first-order valence-corrected chi connectivity index (χ1v) is 10.9. The summed E-state index contributed by atoms with van der Waals surface area (Å²) >= 11 is 6.39. The molecule has 1 aromatic carbocycles. The Kier molecular flexibility index (Phi) is 6.17. The van der Waals surface area contributed by atoms with Gasteiger partial charge in [0.05, 0.1) is 22.7 Å². The van der Waals surface area contributed by atoms with E-state index in [-0.39, 0.29) is 29.2 Å². The van der Waals surface area contributed by atoms with Crippen molar-refractivity contribution in [2.24, 2.45) is 0 Å². The second-order valence-corrected chi connectivity index (χ2v) is 8.53. The number of nitrogens with one attached hydrogen (secondary N) is 1. The molecule has 168 valence electrons. The molecule has 3 atom stereocenters. The molecule has 0 saturated carbocycles. The van der Waals surface area contributed by atoms with Crippen LogP contribution in [0.2, 0.25) is 5.02 Å². The summed E-state index contributed by atoms with van der Waals surface area (Å²) in [7, 11) is 0. The minimum atomic E-state index is -0.518. The van der Waals surface area contributed by atoms with Gasteiger partial charge in [-0.3, -0.25) is 9.59 Å². The number of aromatic nitrogens is 3. The van der Waals surface area contributed by atoms with E-state index in [9.17, 15) is 9.59 Å². The third-order valence-corrected chi connectivity index (χ3v) is 5.59. The van der Waals surface area contributed by atoms with E-state index in [0.717, 1.165) is 0 Å². The van der Waals surface area contributed by atoms with Crippen LogP contribution in [0.4, 0.5) is 0 Å². The molecule has 3 aromatic rings. The number of morpholine rings is 1. The highest BCUT2D eigenvalue weighted by Gasteiger charge is 2.26. The molecule has 0 aliphatic carbocycles. The van der Waals surface area contributed by atoms with Crippen LogP contribution in [-0.4, -0.2) is 51.1 Å². The molecule has 3 heterocycles. The molecule has 0 bridgehead atoms. The fraction of sp³-hybridized carbons (Fsp3) is 0.391. The maximum absolute atomic E-state index is 12.8. The molecule has 0 unspecified atom stereocenters. The highest BCUT2D eigenvalue weighted by Crippen LogP contribution is 2.28. The van der Waals surface area contributed by atoms with Crippen molar-refractivity contribution in [1.82, 2.24) is 19.9 Å². The number of fused-ring (bicyclic) bond motifs is 1. The second-order valence-electron chi connectivity index (χ2n) is 8.13. The van der Waals surface area contributed by atoms with Gasteiger partial charge < -0.3 is 19.4 Å². The van der Waals surface area contributed by atoms with Gasteiger partial charge in [0.1, 0.15) is 23.4 Å². The molecule has 8 nitrogen and oxygen atoms in total. The number of H-pyrrole nitrogens is 1. The lowest BCUT2D eigenvalue weighted by atomic mass is 10.1. The number of aryl methyl sites for hydroxylation is 1. The Morgan fingerprint density at radius 2 is 1.88 bits per heavy atom. The van der Waals surface area contributed by atoms with Gasteiger partial charge in [0.15, 0.2) is 5.52 Å². The summed E-state index contributed by atoms with van der Waals surface area (Å²) in [6.07, 6.45) is -0.497. The second kappa shape index (κ2) is 8.88. The van der Waals surface area contributed by atoms with E-state index in [2.05, 4.69) is 15.0 Å². The van der Waals surface area contributed by atoms with Gasteiger partial charge in [-0.1, -0.05) is 11.6 Å². The SMILES string of the molecule is Cc1nc2cc(Cl)c([C@H](C)Oc3ccc(C(=O)N4C[C@@H](C)O[C@@H](C)C4)cc3)nc2c(=O)[nH]1. The summed E-state index contributed by atoms with van der Waals surface area (Å²) in [6.45, 7) is 8.56. The largest absolute Gasteiger partial charge is 0.484 e. The molecule has 32 heavy (non-hydrogen) atoms. The number of amides is 1. The molecule has 1 amide bonds. The van der Waals surface area contributed by atoms with Crippen LogP contribution < -0.4 is 10.3 Å². The fourth-order valence-corrected chi connectivity index (χ4v) is 4.22. The number of pyridine rings is 1. The van der Waals surface area contributed by atoms with Gasteiger partial charge in [-0.25, -0.2) is 9.97 Å². The lowest BCUT2D eigenvalue weighted by Crippen LogP contribution is -2.48. The number of rotatable bonds is 4. The molecule has 0 spiro atoms. The van der Waals surface area contributed by atoms with Gasteiger partial charge >= 0.3 is 0 Å². The van der Waals surface area contributed by atoms with Gasteiger partial charge in [0.2, 0.25) is 0 Å². The Balaban J connectivity index is 1.50. The van der Waals surface area contributed by atoms with Crippen LogP contribution >= 0.6 is 11.6 Å². The Hall–Kier alpha value is -2.97. The Bertz CT molecular complexity index is 1200. The third-order valence-electron chi connectivity index (χ3n) is 5.29. The average Bonchev–Trinajstić information content (AvgIpc) is 2.72. The van der Waals surface area contributed by atoms with Gasteiger partial charge in [0, 0.05) is 18.7 Å². The van der Waals surface area contributed by atoms with Crippen molar-refractivity contribution < 1.29 is 14.3 Å². The maximum Gasteiger partial charge on any atom is 0.277 e. The van der Waals surface area contributed by atoms with Crippen LogP contribution in [0.15, 0.2) is 35.1 Å². The summed E-state index contributed by atoms with van der Waals surface area (Å²) in [5.41, 5.74) is 1.34. The molecular formula is C23H25ClN4O4.